The Bertz CT molecular complexity index is 343. The van der Waals surface area contributed by atoms with E-state index in [0.717, 1.165) is 12.8 Å². The van der Waals surface area contributed by atoms with E-state index in [0.29, 0.717) is 6.61 Å². The maximum atomic E-state index is 11.4. The van der Waals surface area contributed by atoms with Crippen molar-refractivity contribution >= 4 is 14.3 Å². The molecule has 0 aliphatic carbocycles. The zero-order chi connectivity index (χ0) is 17.2. The Morgan fingerprint density at radius 3 is 2.32 bits per heavy atom. The molecule has 0 aromatic rings. The molecule has 1 atom stereocenters. The third-order valence-electron chi connectivity index (χ3n) is 4.34. The Morgan fingerprint density at radius 1 is 1.18 bits per heavy atom. The molecule has 0 unspecified atom stereocenters. The number of rotatable bonds is 10. The van der Waals surface area contributed by atoms with Crippen molar-refractivity contribution in [2.24, 2.45) is 0 Å². The van der Waals surface area contributed by atoms with Gasteiger partial charge in [0, 0.05) is 12.2 Å². The van der Waals surface area contributed by atoms with Gasteiger partial charge in [-0.1, -0.05) is 53.0 Å². The van der Waals surface area contributed by atoms with Gasteiger partial charge in [0.05, 0.1) is 6.61 Å². The largest absolute Gasteiger partial charge is 0.463 e. The Kier molecular flexibility index (Phi) is 9.93. The van der Waals surface area contributed by atoms with Gasteiger partial charge in [0.25, 0.3) is 0 Å². The number of ether oxygens (including phenoxy) is 1. The second-order valence-electron chi connectivity index (χ2n) is 7.39. The van der Waals surface area contributed by atoms with Crippen LogP contribution in [0.1, 0.15) is 66.7 Å². The van der Waals surface area contributed by atoms with Gasteiger partial charge in [-0.2, -0.15) is 0 Å². The zero-order valence-electron chi connectivity index (χ0n) is 15.7. The molecule has 0 aromatic heterocycles. The van der Waals surface area contributed by atoms with E-state index < -0.39 is 8.32 Å². The van der Waals surface area contributed by atoms with E-state index in [1.165, 1.54) is 25.3 Å². The van der Waals surface area contributed by atoms with Crippen molar-refractivity contribution in [3.05, 3.63) is 12.2 Å². The molecule has 0 rings (SSSR count). The van der Waals surface area contributed by atoms with Crippen LogP contribution in [-0.4, -0.2) is 27.0 Å². The third-order valence-corrected chi connectivity index (χ3v) is 8.87. The summed E-state index contributed by atoms with van der Waals surface area (Å²) in [6.07, 6.45) is 9.13. The highest BCUT2D eigenvalue weighted by Gasteiger charge is 2.38. The van der Waals surface area contributed by atoms with Gasteiger partial charge in [-0.05, 0) is 37.9 Å². The van der Waals surface area contributed by atoms with E-state index in [4.69, 9.17) is 9.16 Å². The molecule has 0 aliphatic heterocycles. The van der Waals surface area contributed by atoms with Crippen molar-refractivity contribution in [2.75, 3.05) is 6.61 Å². The van der Waals surface area contributed by atoms with Crippen LogP contribution in [-0.2, 0) is 14.0 Å². The molecular formula is C18H36O3Si. The van der Waals surface area contributed by atoms with Gasteiger partial charge in [-0.3, -0.25) is 0 Å². The number of hydrogen-bond acceptors (Lipinski definition) is 3. The molecule has 0 saturated heterocycles. The van der Waals surface area contributed by atoms with Gasteiger partial charge < -0.3 is 9.16 Å². The van der Waals surface area contributed by atoms with Crippen molar-refractivity contribution in [3.63, 3.8) is 0 Å². The van der Waals surface area contributed by atoms with E-state index in [2.05, 4.69) is 40.8 Å². The lowest BCUT2D eigenvalue weighted by molar-refractivity contribution is -0.137. The van der Waals surface area contributed by atoms with E-state index in [9.17, 15) is 4.79 Å². The standard InChI is InChI=1S/C18H36O3Si/c1-8-10-11-13-16(14-12-15-17(19)20-9-2)21-22(6,7)18(3,4)5/h12,15-16H,8-11,13-14H2,1-7H3/b15-12+/t16-/m1/s1. The van der Waals surface area contributed by atoms with Crippen LogP contribution in [0.5, 0.6) is 0 Å². The molecule has 0 heterocycles. The maximum absolute atomic E-state index is 11.4. The van der Waals surface area contributed by atoms with Gasteiger partial charge in [0.1, 0.15) is 0 Å². The quantitative estimate of drug-likeness (QED) is 0.231. The van der Waals surface area contributed by atoms with E-state index in [1.54, 1.807) is 0 Å². The monoisotopic (exact) mass is 328 g/mol. The minimum absolute atomic E-state index is 0.207. The first-order valence-corrected chi connectivity index (χ1v) is 11.6. The maximum Gasteiger partial charge on any atom is 0.330 e. The fourth-order valence-electron chi connectivity index (χ4n) is 1.95. The Hall–Kier alpha value is -0.613. The SMILES string of the molecule is CCCCC[C@H](C/C=C/C(=O)OCC)O[Si](C)(C)C(C)(C)C. The van der Waals surface area contributed by atoms with Crippen molar-refractivity contribution in [1.82, 2.24) is 0 Å². The lowest BCUT2D eigenvalue weighted by atomic mass is 10.1. The second kappa shape index (κ2) is 10.2. The highest BCUT2D eigenvalue weighted by atomic mass is 28.4. The van der Waals surface area contributed by atoms with E-state index >= 15 is 0 Å². The smallest absolute Gasteiger partial charge is 0.330 e. The number of hydrogen-bond donors (Lipinski definition) is 0. The summed E-state index contributed by atoms with van der Waals surface area (Å²) >= 11 is 0. The molecule has 0 aromatic carbocycles. The summed E-state index contributed by atoms with van der Waals surface area (Å²) in [6, 6.07) is 0. The Labute approximate surface area is 138 Å². The molecule has 0 spiro atoms. The first-order valence-electron chi connectivity index (χ1n) is 8.65. The van der Waals surface area contributed by atoms with Gasteiger partial charge >= 0.3 is 5.97 Å². The van der Waals surface area contributed by atoms with Crippen molar-refractivity contribution in [2.45, 2.75) is 91.0 Å². The summed E-state index contributed by atoms with van der Waals surface area (Å²) in [4.78, 5) is 11.4. The molecule has 0 aliphatic rings. The fraction of sp³-hybridized carbons (Fsp3) is 0.833. The zero-order valence-corrected chi connectivity index (χ0v) is 16.7. The lowest BCUT2D eigenvalue weighted by Crippen LogP contribution is -2.43. The molecule has 3 nitrogen and oxygen atoms in total. The normalized spacial score (nSPS) is 14.3. The van der Waals surface area contributed by atoms with Crippen molar-refractivity contribution in [3.8, 4) is 0 Å². The summed E-state index contributed by atoms with van der Waals surface area (Å²) in [7, 11) is -1.77. The number of unbranched alkanes of at least 4 members (excludes halogenated alkanes) is 2. The summed E-state index contributed by atoms with van der Waals surface area (Å²) in [5.41, 5.74) is 0. The molecule has 22 heavy (non-hydrogen) atoms. The Balaban J connectivity index is 4.65. The highest BCUT2D eigenvalue weighted by Crippen LogP contribution is 2.38. The van der Waals surface area contributed by atoms with Crippen LogP contribution in [0.2, 0.25) is 18.1 Å². The third kappa shape index (κ3) is 8.74. The first-order chi connectivity index (χ1) is 10.1. The molecule has 0 bridgehead atoms. The van der Waals surface area contributed by atoms with Gasteiger partial charge in [-0.25, -0.2) is 4.79 Å². The lowest BCUT2D eigenvalue weighted by Gasteiger charge is -2.39. The minimum atomic E-state index is -1.77. The number of esters is 1. The van der Waals surface area contributed by atoms with E-state index in [-0.39, 0.29) is 17.1 Å². The average molecular weight is 329 g/mol. The van der Waals surface area contributed by atoms with Crippen LogP contribution in [0.25, 0.3) is 0 Å². The molecular weight excluding hydrogens is 292 g/mol. The molecule has 0 amide bonds. The van der Waals surface area contributed by atoms with Crippen LogP contribution in [0.15, 0.2) is 12.2 Å². The van der Waals surface area contributed by atoms with Gasteiger partial charge in [0.15, 0.2) is 8.32 Å². The number of carbonyl (C=O) groups is 1. The highest BCUT2D eigenvalue weighted by molar-refractivity contribution is 6.74. The fourth-order valence-corrected chi connectivity index (χ4v) is 3.35. The molecule has 0 fully saturated rings. The second-order valence-corrected chi connectivity index (χ2v) is 12.1. The molecule has 4 heteroatoms. The minimum Gasteiger partial charge on any atom is -0.463 e. The summed E-state index contributed by atoms with van der Waals surface area (Å²) in [5.74, 6) is -0.262. The van der Waals surface area contributed by atoms with E-state index in [1.807, 2.05) is 13.0 Å². The van der Waals surface area contributed by atoms with Crippen LogP contribution >= 0.6 is 0 Å². The summed E-state index contributed by atoms with van der Waals surface area (Å²) < 4.78 is 11.4. The van der Waals surface area contributed by atoms with Gasteiger partial charge in [-0.15, -0.1) is 0 Å². The molecule has 130 valence electrons. The summed E-state index contributed by atoms with van der Waals surface area (Å²) in [5, 5.41) is 0.209. The predicted octanol–water partition coefficient (Wildman–Crippen LogP) is 5.47. The van der Waals surface area contributed by atoms with Gasteiger partial charge in [0.2, 0.25) is 0 Å². The van der Waals surface area contributed by atoms with Crippen LogP contribution in [0, 0.1) is 0 Å². The molecule has 0 radical (unpaired) electrons. The topological polar surface area (TPSA) is 35.5 Å². The van der Waals surface area contributed by atoms with Crippen LogP contribution in [0.4, 0.5) is 0 Å². The van der Waals surface area contributed by atoms with Crippen LogP contribution < -0.4 is 0 Å². The molecule has 0 N–H and O–H groups in total. The Morgan fingerprint density at radius 2 is 1.82 bits per heavy atom. The molecule has 0 saturated carbocycles. The predicted molar refractivity (Wildman–Crippen MR) is 96.6 cm³/mol. The van der Waals surface area contributed by atoms with Crippen molar-refractivity contribution < 1.29 is 14.0 Å². The number of carbonyl (C=O) groups excluding carboxylic acids is 1. The van der Waals surface area contributed by atoms with Crippen LogP contribution in [0.3, 0.4) is 0 Å². The first kappa shape index (κ1) is 21.4. The van der Waals surface area contributed by atoms with Crippen molar-refractivity contribution in [1.29, 1.82) is 0 Å². The average Bonchev–Trinajstić information content (AvgIpc) is 2.37. The summed E-state index contributed by atoms with van der Waals surface area (Å²) in [6.45, 7) is 15.8.